The van der Waals surface area contributed by atoms with Gasteiger partial charge in [-0.2, -0.15) is 0 Å². The van der Waals surface area contributed by atoms with Gasteiger partial charge in [-0.3, -0.25) is 4.79 Å². The van der Waals surface area contributed by atoms with E-state index in [-0.39, 0.29) is 11.0 Å². The van der Waals surface area contributed by atoms with Crippen molar-refractivity contribution in [3.05, 3.63) is 58.4 Å². The van der Waals surface area contributed by atoms with Crippen molar-refractivity contribution in [3.8, 4) is 5.75 Å². The highest BCUT2D eigenvalue weighted by Crippen LogP contribution is 2.36. The maximum Gasteiger partial charge on any atom is 0.319 e. The smallest absolute Gasteiger partial charge is 0.319 e. The van der Waals surface area contributed by atoms with Crippen LogP contribution in [0.3, 0.4) is 0 Å². The topological polar surface area (TPSA) is 41.6 Å². The molecule has 2 aromatic carbocycles. The van der Waals surface area contributed by atoms with Crippen molar-refractivity contribution in [2.24, 2.45) is 0 Å². The number of halogens is 2. The zero-order chi connectivity index (χ0) is 18.3. The molecule has 0 aliphatic carbocycles. The first-order valence-electron chi connectivity index (χ1n) is 8.79. The van der Waals surface area contributed by atoms with Gasteiger partial charge >= 0.3 is 5.97 Å². The van der Waals surface area contributed by atoms with E-state index in [0.29, 0.717) is 23.8 Å². The van der Waals surface area contributed by atoms with E-state index >= 15 is 0 Å². The number of piperazine rings is 1. The number of hydrogen-bond donors (Lipinski definition) is 1. The summed E-state index contributed by atoms with van der Waals surface area (Å²) in [5, 5.41) is 3.44. The summed E-state index contributed by atoms with van der Waals surface area (Å²) in [4.78, 5) is 14.8. The van der Waals surface area contributed by atoms with Crippen molar-refractivity contribution in [2.75, 3.05) is 24.5 Å². The number of rotatable bonds is 2. The Labute approximate surface area is 156 Å². The van der Waals surface area contributed by atoms with Gasteiger partial charge in [0, 0.05) is 37.4 Å². The average Bonchev–Trinajstić information content (AvgIpc) is 2.63. The van der Waals surface area contributed by atoms with Gasteiger partial charge in [0.15, 0.2) is 0 Å². The normalized spacial score (nSPS) is 22.7. The van der Waals surface area contributed by atoms with Crippen molar-refractivity contribution >= 4 is 23.3 Å². The first-order chi connectivity index (χ1) is 12.5. The minimum absolute atomic E-state index is 0.0178. The van der Waals surface area contributed by atoms with Gasteiger partial charge in [0.05, 0.1) is 10.9 Å². The van der Waals surface area contributed by atoms with E-state index in [1.165, 1.54) is 12.1 Å². The van der Waals surface area contributed by atoms with Gasteiger partial charge in [0.1, 0.15) is 11.6 Å². The van der Waals surface area contributed by atoms with E-state index in [0.717, 1.165) is 30.9 Å². The van der Waals surface area contributed by atoms with Crippen molar-refractivity contribution in [1.82, 2.24) is 5.32 Å². The molecule has 2 heterocycles. The molecule has 6 heteroatoms. The second kappa shape index (κ2) is 6.89. The predicted octanol–water partition coefficient (Wildman–Crippen LogP) is 3.52. The van der Waals surface area contributed by atoms with Gasteiger partial charge < -0.3 is 15.0 Å². The number of ether oxygens (including phenoxy) is 1. The fourth-order valence-corrected chi connectivity index (χ4v) is 3.83. The molecule has 4 rings (SSSR count). The first kappa shape index (κ1) is 17.3. The van der Waals surface area contributed by atoms with Gasteiger partial charge in [-0.05, 0) is 42.7 Å². The van der Waals surface area contributed by atoms with E-state index in [1.54, 1.807) is 6.07 Å². The van der Waals surface area contributed by atoms with Gasteiger partial charge in [0.25, 0.3) is 0 Å². The third-order valence-electron chi connectivity index (χ3n) is 5.05. The van der Waals surface area contributed by atoms with Crippen LogP contribution in [0.5, 0.6) is 5.75 Å². The highest BCUT2D eigenvalue weighted by Gasteiger charge is 2.31. The Kier molecular flexibility index (Phi) is 4.59. The van der Waals surface area contributed by atoms with Crippen LogP contribution in [0.15, 0.2) is 36.4 Å². The lowest BCUT2D eigenvalue weighted by molar-refractivity contribution is -0.137. The van der Waals surface area contributed by atoms with E-state index in [9.17, 15) is 9.18 Å². The zero-order valence-electron chi connectivity index (χ0n) is 14.5. The Balaban J connectivity index is 1.59. The molecule has 0 radical (unpaired) electrons. The van der Waals surface area contributed by atoms with Gasteiger partial charge in [-0.1, -0.05) is 23.7 Å². The van der Waals surface area contributed by atoms with Crippen molar-refractivity contribution < 1.29 is 13.9 Å². The number of esters is 1. The minimum Gasteiger partial charge on any atom is -0.426 e. The summed E-state index contributed by atoms with van der Waals surface area (Å²) in [5.74, 6) is -0.672. The Hall–Kier alpha value is -2.11. The summed E-state index contributed by atoms with van der Waals surface area (Å²) in [7, 11) is 0. The standard InChI is InChI=1S/C20H20ClFN2O2/c1-12-11-24(7-6-23-12)15-4-2-14-8-16(20(25)26-19(14)10-15)13-3-5-18(22)17(21)9-13/h2-5,9-10,12,16,23H,6-8,11H2,1H3/t12-,16?/m0/s1. The molecule has 136 valence electrons. The van der Waals surface area contributed by atoms with Gasteiger partial charge in [-0.15, -0.1) is 0 Å². The number of hydrogen-bond acceptors (Lipinski definition) is 4. The molecular formula is C20H20ClFN2O2. The number of benzene rings is 2. The average molecular weight is 375 g/mol. The number of carbonyl (C=O) groups excluding carboxylic acids is 1. The lowest BCUT2D eigenvalue weighted by atomic mass is 9.89. The predicted molar refractivity (Wildman–Crippen MR) is 99.6 cm³/mol. The zero-order valence-corrected chi connectivity index (χ0v) is 15.2. The molecule has 0 aromatic heterocycles. The molecule has 0 amide bonds. The highest BCUT2D eigenvalue weighted by atomic mass is 35.5. The molecule has 2 aliphatic heterocycles. The highest BCUT2D eigenvalue weighted by molar-refractivity contribution is 6.30. The van der Waals surface area contributed by atoms with Crippen LogP contribution in [0.25, 0.3) is 0 Å². The molecule has 4 nitrogen and oxygen atoms in total. The van der Waals surface area contributed by atoms with Crippen LogP contribution >= 0.6 is 11.6 Å². The lowest BCUT2D eigenvalue weighted by Gasteiger charge is -2.34. The number of fused-ring (bicyclic) bond motifs is 1. The molecule has 2 aliphatic rings. The molecule has 1 fully saturated rings. The molecule has 1 saturated heterocycles. The van der Waals surface area contributed by atoms with Crippen LogP contribution in [-0.4, -0.2) is 31.6 Å². The second-order valence-corrected chi connectivity index (χ2v) is 7.35. The Morgan fingerprint density at radius 1 is 1.27 bits per heavy atom. The van der Waals surface area contributed by atoms with E-state index in [1.807, 2.05) is 12.1 Å². The summed E-state index contributed by atoms with van der Waals surface area (Å²) in [5.41, 5.74) is 2.71. The monoisotopic (exact) mass is 374 g/mol. The number of carbonyl (C=O) groups is 1. The molecule has 0 spiro atoms. The van der Waals surface area contributed by atoms with E-state index < -0.39 is 11.7 Å². The van der Waals surface area contributed by atoms with Crippen LogP contribution in [0, 0.1) is 5.82 Å². The maximum absolute atomic E-state index is 13.4. The van der Waals surface area contributed by atoms with E-state index in [4.69, 9.17) is 16.3 Å². The molecule has 2 aromatic rings. The minimum atomic E-state index is -0.491. The van der Waals surface area contributed by atoms with Crippen LogP contribution in [0.1, 0.15) is 24.0 Å². The van der Waals surface area contributed by atoms with Crippen molar-refractivity contribution in [3.63, 3.8) is 0 Å². The molecule has 1 unspecified atom stereocenters. The first-order valence-corrected chi connectivity index (χ1v) is 9.17. The summed E-state index contributed by atoms with van der Waals surface area (Å²) < 4.78 is 19.0. The molecular weight excluding hydrogens is 355 g/mol. The molecule has 1 N–H and O–H groups in total. The van der Waals surface area contributed by atoms with Crippen LogP contribution in [0.2, 0.25) is 5.02 Å². The van der Waals surface area contributed by atoms with E-state index in [2.05, 4.69) is 23.2 Å². The van der Waals surface area contributed by atoms with Crippen LogP contribution in [-0.2, 0) is 11.2 Å². The SMILES string of the molecule is C[C@H]1CN(c2ccc3c(c2)OC(=O)C(c2ccc(F)c(Cl)c2)C3)CCN1. The number of nitrogens with one attached hydrogen (secondary N) is 1. The maximum atomic E-state index is 13.4. The summed E-state index contributed by atoms with van der Waals surface area (Å²) in [6.45, 7) is 4.94. The third-order valence-corrected chi connectivity index (χ3v) is 5.34. The molecule has 26 heavy (non-hydrogen) atoms. The van der Waals surface area contributed by atoms with Crippen molar-refractivity contribution in [2.45, 2.75) is 25.3 Å². The number of anilines is 1. The van der Waals surface area contributed by atoms with Crippen LogP contribution < -0.4 is 15.0 Å². The molecule has 0 saturated carbocycles. The second-order valence-electron chi connectivity index (χ2n) is 6.94. The quantitative estimate of drug-likeness (QED) is 0.645. The Bertz CT molecular complexity index is 858. The largest absolute Gasteiger partial charge is 0.426 e. The number of nitrogens with zero attached hydrogens (tertiary/aromatic N) is 1. The summed E-state index contributed by atoms with van der Waals surface area (Å²) in [6, 6.07) is 10.8. The summed E-state index contributed by atoms with van der Waals surface area (Å²) >= 11 is 5.86. The molecule has 0 bridgehead atoms. The summed E-state index contributed by atoms with van der Waals surface area (Å²) in [6.07, 6.45) is 0.522. The fourth-order valence-electron chi connectivity index (χ4n) is 3.64. The Morgan fingerprint density at radius 3 is 2.88 bits per heavy atom. The third kappa shape index (κ3) is 3.29. The van der Waals surface area contributed by atoms with Gasteiger partial charge in [-0.25, -0.2) is 4.39 Å². The van der Waals surface area contributed by atoms with Crippen LogP contribution in [0.4, 0.5) is 10.1 Å². The van der Waals surface area contributed by atoms with Gasteiger partial charge in [0.2, 0.25) is 0 Å². The lowest BCUT2D eigenvalue weighted by Crippen LogP contribution is -2.49. The molecule has 2 atom stereocenters. The Morgan fingerprint density at radius 2 is 2.12 bits per heavy atom. The fraction of sp³-hybridized carbons (Fsp3) is 0.350. The van der Waals surface area contributed by atoms with Crippen molar-refractivity contribution in [1.29, 1.82) is 0 Å².